The van der Waals surface area contributed by atoms with Crippen molar-refractivity contribution in [2.45, 2.75) is 26.7 Å². The van der Waals surface area contributed by atoms with Crippen LogP contribution in [0.15, 0.2) is 30.3 Å². The number of hydrogen-bond donors (Lipinski definition) is 0. The molecule has 0 N–H and O–H groups in total. The Morgan fingerprint density at radius 1 is 0.947 bits per heavy atom. The molecule has 0 saturated heterocycles. The van der Waals surface area contributed by atoms with Crippen LogP contribution in [0.25, 0.3) is 0 Å². The SMILES string of the molecule is Cc1ccc(CCc2ccc(C)c(F)c2Cl)cc1F. The van der Waals surface area contributed by atoms with Crippen LogP contribution in [0.4, 0.5) is 8.78 Å². The molecule has 2 aromatic carbocycles. The van der Waals surface area contributed by atoms with Crippen molar-refractivity contribution >= 4 is 11.6 Å². The fourth-order valence-electron chi connectivity index (χ4n) is 1.95. The maximum absolute atomic E-state index is 13.6. The van der Waals surface area contributed by atoms with Crippen molar-refractivity contribution in [2.24, 2.45) is 0 Å². The van der Waals surface area contributed by atoms with Crippen LogP contribution >= 0.6 is 11.6 Å². The van der Waals surface area contributed by atoms with Crippen molar-refractivity contribution < 1.29 is 8.78 Å². The second-order valence-corrected chi connectivity index (χ2v) is 5.13. The average molecular weight is 281 g/mol. The summed E-state index contributed by atoms with van der Waals surface area (Å²) >= 11 is 5.97. The second-order valence-electron chi connectivity index (χ2n) is 4.75. The van der Waals surface area contributed by atoms with E-state index in [0.717, 1.165) is 11.1 Å². The highest BCUT2D eigenvalue weighted by Gasteiger charge is 2.09. The van der Waals surface area contributed by atoms with Crippen molar-refractivity contribution in [3.05, 3.63) is 69.2 Å². The van der Waals surface area contributed by atoms with E-state index in [9.17, 15) is 8.78 Å². The van der Waals surface area contributed by atoms with E-state index in [1.54, 1.807) is 26.0 Å². The zero-order chi connectivity index (χ0) is 14.0. The highest BCUT2D eigenvalue weighted by Crippen LogP contribution is 2.24. The molecule has 2 rings (SSSR count). The molecule has 0 aliphatic heterocycles. The van der Waals surface area contributed by atoms with Crippen LogP contribution in [0, 0.1) is 25.5 Å². The van der Waals surface area contributed by atoms with Gasteiger partial charge in [-0.15, -0.1) is 0 Å². The van der Waals surface area contributed by atoms with Crippen LogP contribution < -0.4 is 0 Å². The molecule has 2 aromatic rings. The quantitative estimate of drug-likeness (QED) is 0.740. The summed E-state index contributed by atoms with van der Waals surface area (Å²) in [6.07, 6.45) is 1.23. The van der Waals surface area contributed by atoms with Gasteiger partial charge in [-0.3, -0.25) is 0 Å². The van der Waals surface area contributed by atoms with E-state index in [0.29, 0.717) is 24.0 Å². The van der Waals surface area contributed by atoms with Crippen LogP contribution in [-0.4, -0.2) is 0 Å². The highest BCUT2D eigenvalue weighted by molar-refractivity contribution is 6.31. The van der Waals surface area contributed by atoms with Gasteiger partial charge in [-0.1, -0.05) is 35.9 Å². The molecule has 0 aliphatic rings. The molecule has 0 amide bonds. The Morgan fingerprint density at radius 3 is 2.32 bits per heavy atom. The van der Waals surface area contributed by atoms with Crippen LogP contribution in [-0.2, 0) is 12.8 Å². The lowest BCUT2D eigenvalue weighted by atomic mass is 10.0. The standard InChI is InChI=1S/C16H15ClF2/c1-10-3-5-12(9-14(10)18)6-8-13-7-4-11(2)16(19)15(13)17/h3-5,7,9H,6,8H2,1-2H3. The smallest absolute Gasteiger partial charge is 0.144 e. The van der Waals surface area contributed by atoms with Gasteiger partial charge in [0.1, 0.15) is 11.6 Å². The first kappa shape index (κ1) is 14.0. The first-order valence-electron chi connectivity index (χ1n) is 6.17. The summed E-state index contributed by atoms with van der Waals surface area (Å²) in [4.78, 5) is 0. The second kappa shape index (κ2) is 5.70. The molecular weight excluding hydrogens is 266 g/mol. The molecule has 0 saturated carbocycles. The van der Waals surface area contributed by atoms with Gasteiger partial charge in [-0.05, 0) is 55.0 Å². The molecule has 0 aromatic heterocycles. The van der Waals surface area contributed by atoms with Crippen LogP contribution in [0.3, 0.4) is 0 Å². The third-order valence-electron chi connectivity index (χ3n) is 3.27. The lowest BCUT2D eigenvalue weighted by Crippen LogP contribution is -1.96. The van der Waals surface area contributed by atoms with Gasteiger partial charge in [-0.25, -0.2) is 8.78 Å². The Bertz CT molecular complexity index is 606. The number of hydrogen-bond acceptors (Lipinski definition) is 0. The first-order valence-corrected chi connectivity index (χ1v) is 6.55. The van der Waals surface area contributed by atoms with Gasteiger partial charge in [0, 0.05) is 0 Å². The Balaban J connectivity index is 2.14. The molecule has 0 aliphatic carbocycles. The summed E-state index contributed by atoms with van der Waals surface area (Å²) in [6.45, 7) is 3.41. The molecule has 19 heavy (non-hydrogen) atoms. The summed E-state index contributed by atoms with van der Waals surface area (Å²) < 4.78 is 27.1. The lowest BCUT2D eigenvalue weighted by molar-refractivity contribution is 0.613. The molecule has 0 fully saturated rings. The van der Waals surface area contributed by atoms with Crippen LogP contribution in [0.5, 0.6) is 0 Å². The van der Waals surface area contributed by atoms with Crippen molar-refractivity contribution in [3.8, 4) is 0 Å². The van der Waals surface area contributed by atoms with E-state index in [4.69, 9.17) is 11.6 Å². The summed E-state index contributed by atoms with van der Waals surface area (Å²) in [5, 5.41) is 0.174. The lowest BCUT2D eigenvalue weighted by Gasteiger charge is -2.08. The van der Waals surface area contributed by atoms with Crippen molar-refractivity contribution in [2.75, 3.05) is 0 Å². The van der Waals surface area contributed by atoms with E-state index < -0.39 is 0 Å². The molecule has 0 spiro atoms. The van der Waals surface area contributed by atoms with E-state index in [1.807, 2.05) is 12.1 Å². The Hall–Kier alpha value is -1.41. The van der Waals surface area contributed by atoms with Gasteiger partial charge in [0.2, 0.25) is 0 Å². The third-order valence-corrected chi connectivity index (χ3v) is 3.68. The molecular formula is C16H15ClF2. The minimum Gasteiger partial charge on any atom is -0.207 e. The Morgan fingerprint density at radius 2 is 1.63 bits per heavy atom. The van der Waals surface area contributed by atoms with Crippen molar-refractivity contribution in [1.82, 2.24) is 0 Å². The first-order chi connectivity index (χ1) is 8.99. The van der Waals surface area contributed by atoms with Crippen LogP contribution in [0.1, 0.15) is 22.3 Å². The molecule has 0 nitrogen and oxygen atoms in total. The molecule has 3 heteroatoms. The van der Waals surface area contributed by atoms with Gasteiger partial charge in [0.05, 0.1) is 5.02 Å². The van der Waals surface area contributed by atoms with E-state index in [2.05, 4.69) is 0 Å². The normalized spacial score (nSPS) is 10.8. The van der Waals surface area contributed by atoms with Gasteiger partial charge in [0.25, 0.3) is 0 Å². The highest BCUT2D eigenvalue weighted by atomic mass is 35.5. The maximum atomic E-state index is 13.6. The number of rotatable bonds is 3. The topological polar surface area (TPSA) is 0 Å². The zero-order valence-corrected chi connectivity index (χ0v) is 11.7. The Kier molecular flexibility index (Phi) is 4.20. The molecule has 0 atom stereocenters. The molecule has 0 heterocycles. The van der Waals surface area contributed by atoms with E-state index in [-0.39, 0.29) is 16.7 Å². The van der Waals surface area contributed by atoms with Crippen LogP contribution in [0.2, 0.25) is 5.02 Å². The molecule has 100 valence electrons. The van der Waals surface area contributed by atoms with Gasteiger partial charge >= 0.3 is 0 Å². The molecule has 0 unspecified atom stereocenters. The monoisotopic (exact) mass is 280 g/mol. The van der Waals surface area contributed by atoms with Gasteiger partial charge < -0.3 is 0 Å². The van der Waals surface area contributed by atoms with Gasteiger partial charge in [0.15, 0.2) is 0 Å². The fourth-order valence-corrected chi connectivity index (χ4v) is 2.26. The van der Waals surface area contributed by atoms with Gasteiger partial charge in [-0.2, -0.15) is 0 Å². The molecule has 0 radical (unpaired) electrons. The van der Waals surface area contributed by atoms with E-state index in [1.165, 1.54) is 6.07 Å². The summed E-state index contributed by atoms with van der Waals surface area (Å²) in [5.74, 6) is -0.576. The number of aryl methyl sites for hydroxylation is 4. The Labute approximate surface area is 117 Å². The minimum atomic E-state index is -0.366. The largest absolute Gasteiger partial charge is 0.207 e. The number of benzene rings is 2. The fraction of sp³-hybridized carbons (Fsp3) is 0.250. The average Bonchev–Trinajstić information content (AvgIpc) is 2.39. The molecule has 0 bridgehead atoms. The minimum absolute atomic E-state index is 0.174. The predicted molar refractivity (Wildman–Crippen MR) is 74.7 cm³/mol. The summed E-state index contributed by atoms with van der Waals surface area (Å²) in [7, 11) is 0. The zero-order valence-electron chi connectivity index (χ0n) is 10.9. The van der Waals surface area contributed by atoms with Crippen molar-refractivity contribution in [1.29, 1.82) is 0 Å². The third kappa shape index (κ3) is 3.13. The van der Waals surface area contributed by atoms with Crippen molar-refractivity contribution in [3.63, 3.8) is 0 Å². The number of halogens is 3. The summed E-state index contributed by atoms with van der Waals surface area (Å²) in [6, 6.07) is 8.70. The summed E-state index contributed by atoms with van der Waals surface area (Å²) in [5.41, 5.74) is 2.81. The van der Waals surface area contributed by atoms with E-state index >= 15 is 0 Å². The predicted octanol–water partition coefficient (Wildman–Crippen LogP) is 5.02. The maximum Gasteiger partial charge on any atom is 0.144 e.